The topological polar surface area (TPSA) is 34.4 Å². The van der Waals surface area contributed by atoms with E-state index >= 15 is 0 Å². The Morgan fingerprint density at radius 3 is 2.72 bits per heavy atom. The van der Waals surface area contributed by atoms with Gasteiger partial charge >= 0.3 is 0 Å². The van der Waals surface area contributed by atoms with Crippen molar-refractivity contribution in [2.75, 3.05) is 13.7 Å². The van der Waals surface area contributed by atoms with Gasteiger partial charge in [-0.05, 0) is 32.0 Å². The normalized spacial score (nSPS) is 11.1. The highest BCUT2D eigenvalue weighted by atomic mass is 16.5. The second-order valence-corrected chi connectivity index (χ2v) is 4.82. The van der Waals surface area contributed by atoms with E-state index in [2.05, 4.69) is 25.2 Å². The van der Waals surface area contributed by atoms with Gasteiger partial charge in [0.25, 0.3) is 0 Å². The van der Waals surface area contributed by atoms with Crippen LogP contribution in [0, 0.1) is 6.92 Å². The molecule has 0 saturated carbocycles. The van der Waals surface area contributed by atoms with E-state index in [1.807, 2.05) is 7.05 Å². The van der Waals surface area contributed by atoms with Gasteiger partial charge in [0, 0.05) is 6.61 Å². The highest BCUT2D eigenvalue weighted by Gasteiger charge is 2.06. The van der Waals surface area contributed by atoms with Gasteiger partial charge in [-0.25, -0.2) is 0 Å². The minimum absolute atomic E-state index is 0.596. The molecule has 0 fully saturated rings. The van der Waals surface area contributed by atoms with Crippen molar-refractivity contribution in [1.82, 2.24) is 5.32 Å². The average Bonchev–Trinajstić information content (AvgIpc) is 2.70. The van der Waals surface area contributed by atoms with Crippen molar-refractivity contribution in [1.29, 1.82) is 0 Å². The number of hydrogen-bond acceptors (Lipinski definition) is 3. The minimum Gasteiger partial charge on any atom is -0.462 e. The van der Waals surface area contributed by atoms with Gasteiger partial charge in [0.1, 0.15) is 18.1 Å². The second kappa shape index (κ2) is 9.17. The van der Waals surface area contributed by atoms with Crippen LogP contribution in [0.15, 0.2) is 10.5 Å². The molecule has 3 heteroatoms. The number of unbranched alkanes of at least 4 members (excludes halogenated alkanes) is 4. The van der Waals surface area contributed by atoms with Crippen LogP contribution in [-0.4, -0.2) is 13.7 Å². The van der Waals surface area contributed by atoms with Gasteiger partial charge in [0.05, 0.1) is 6.54 Å². The number of hydrogen-bond donors (Lipinski definition) is 1. The molecule has 3 nitrogen and oxygen atoms in total. The van der Waals surface area contributed by atoms with E-state index < -0.39 is 0 Å². The smallest absolute Gasteiger partial charge is 0.130 e. The van der Waals surface area contributed by atoms with E-state index in [9.17, 15) is 0 Å². The van der Waals surface area contributed by atoms with Crippen LogP contribution in [0.25, 0.3) is 0 Å². The summed E-state index contributed by atoms with van der Waals surface area (Å²) in [6, 6.07) is 2.07. The Labute approximate surface area is 111 Å². The summed E-state index contributed by atoms with van der Waals surface area (Å²) in [5.74, 6) is 1.95. The zero-order valence-electron chi connectivity index (χ0n) is 12.1. The molecule has 1 heterocycles. The summed E-state index contributed by atoms with van der Waals surface area (Å²) in [6.07, 6.45) is 6.39. The molecule has 0 atom stereocenters. The molecule has 0 unspecified atom stereocenters. The molecule has 1 N–H and O–H groups in total. The Hall–Kier alpha value is -0.800. The molecule has 104 valence electrons. The Balaban J connectivity index is 2.13. The average molecular weight is 253 g/mol. The van der Waals surface area contributed by atoms with Crippen LogP contribution in [0.1, 0.15) is 56.1 Å². The van der Waals surface area contributed by atoms with E-state index in [4.69, 9.17) is 9.15 Å². The number of ether oxygens (including phenoxy) is 1. The fraction of sp³-hybridized carbons (Fsp3) is 0.733. The maximum Gasteiger partial charge on any atom is 0.130 e. The van der Waals surface area contributed by atoms with E-state index in [0.717, 1.165) is 31.1 Å². The standard InChI is InChI=1S/C15H27NO2/c1-4-5-6-7-8-9-17-12-14-10-13(2)15(18-14)11-16-3/h10,16H,4-9,11-12H2,1-3H3. The van der Waals surface area contributed by atoms with Crippen LogP contribution in [0.3, 0.4) is 0 Å². The Bertz CT molecular complexity index is 320. The van der Waals surface area contributed by atoms with Crippen LogP contribution in [0.4, 0.5) is 0 Å². The van der Waals surface area contributed by atoms with Crippen molar-refractivity contribution >= 4 is 0 Å². The molecule has 0 aliphatic rings. The molecule has 1 aromatic heterocycles. The minimum atomic E-state index is 0.596. The van der Waals surface area contributed by atoms with Crippen LogP contribution in [0.2, 0.25) is 0 Å². The van der Waals surface area contributed by atoms with Crippen LogP contribution in [-0.2, 0) is 17.9 Å². The van der Waals surface area contributed by atoms with Gasteiger partial charge in [-0.3, -0.25) is 0 Å². The van der Waals surface area contributed by atoms with Crippen molar-refractivity contribution in [3.8, 4) is 0 Å². The molecule has 0 aromatic carbocycles. The van der Waals surface area contributed by atoms with Crippen molar-refractivity contribution in [3.05, 3.63) is 23.2 Å². The molecule has 0 aliphatic heterocycles. The lowest BCUT2D eigenvalue weighted by molar-refractivity contribution is 0.101. The number of aryl methyl sites for hydroxylation is 1. The monoisotopic (exact) mass is 253 g/mol. The quantitative estimate of drug-likeness (QED) is 0.644. The molecule has 0 amide bonds. The second-order valence-electron chi connectivity index (χ2n) is 4.82. The first kappa shape index (κ1) is 15.3. The fourth-order valence-electron chi connectivity index (χ4n) is 1.98. The van der Waals surface area contributed by atoms with E-state index in [0.29, 0.717) is 6.61 Å². The van der Waals surface area contributed by atoms with Crippen molar-refractivity contribution in [3.63, 3.8) is 0 Å². The van der Waals surface area contributed by atoms with E-state index in [1.54, 1.807) is 0 Å². The van der Waals surface area contributed by atoms with E-state index in [1.165, 1.54) is 31.2 Å². The Kier molecular flexibility index (Phi) is 7.78. The summed E-state index contributed by atoms with van der Waals surface area (Å²) in [6.45, 7) is 6.52. The molecule has 0 saturated heterocycles. The maximum absolute atomic E-state index is 5.71. The Morgan fingerprint density at radius 1 is 1.22 bits per heavy atom. The highest BCUT2D eigenvalue weighted by Crippen LogP contribution is 2.15. The van der Waals surface area contributed by atoms with Gasteiger partial charge in [0.15, 0.2) is 0 Å². The van der Waals surface area contributed by atoms with Crippen LogP contribution >= 0.6 is 0 Å². The molecule has 0 spiro atoms. The van der Waals surface area contributed by atoms with Crippen LogP contribution < -0.4 is 5.32 Å². The first-order valence-electron chi connectivity index (χ1n) is 7.08. The van der Waals surface area contributed by atoms with Gasteiger partial charge in [-0.2, -0.15) is 0 Å². The molecule has 0 bridgehead atoms. The molecule has 18 heavy (non-hydrogen) atoms. The molecule has 1 rings (SSSR count). The lowest BCUT2D eigenvalue weighted by atomic mass is 10.2. The van der Waals surface area contributed by atoms with Crippen LogP contribution in [0.5, 0.6) is 0 Å². The predicted octanol–water partition coefficient (Wildman–Crippen LogP) is 3.79. The summed E-state index contributed by atoms with van der Waals surface area (Å²) in [5, 5.41) is 3.10. The highest BCUT2D eigenvalue weighted by molar-refractivity contribution is 5.19. The van der Waals surface area contributed by atoms with Crippen molar-refractivity contribution in [2.45, 2.75) is 59.1 Å². The van der Waals surface area contributed by atoms with Crippen molar-refractivity contribution < 1.29 is 9.15 Å². The molecular formula is C15H27NO2. The zero-order chi connectivity index (χ0) is 13.2. The Morgan fingerprint density at radius 2 is 2.00 bits per heavy atom. The third-order valence-electron chi connectivity index (χ3n) is 3.05. The maximum atomic E-state index is 5.71. The lowest BCUT2D eigenvalue weighted by Crippen LogP contribution is -2.04. The SMILES string of the molecule is CCCCCCCOCc1cc(C)c(CNC)o1. The largest absolute Gasteiger partial charge is 0.462 e. The summed E-state index contributed by atoms with van der Waals surface area (Å²) in [7, 11) is 1.93. The number of nitrogens with one attached hydrogen (secondary N) is 1. The number of furan rings is 1. The first-order chi connectivity index (χ1) is 8.77. The number of rotatable bonds is 10. The van der Waals surface area contributed by atoms with Crippen molar-refractivity contribution in [2.24, 2.45) is 0 Å². The molecular weight excluding hydrogens is 226 g/mol. The zero-order valence-corrected chi connectivity index (χ0v) is 12.1. The van der Waals surface area contributed by atoms with Gasteiger partial charge in [-0.15, -0.1) is 0 Å². The predicted molar refractivity (Wildman–Crippen MR) is 74.6 cm³/mol. The van der Waals surface area contributed by atoms with Gasteiger partial charge in [0.2, 0.25) is 0 Å². The lowest BCUT2D eigenvalue weighted by Gasteiger charge is -2.02. The summed E-state index contributed by atoms with van der Waals surface area (Å²) in [4.78, 5) is 0. The first-order valence-corrected chi connectivity index (χ1v) is 7.08. The third-order valence-corrected chi connectivity index (χ3v) is 3.05. The van der Waals surface area contributed by atoms with Gasteiger partial charge < -0.3 is 14.5 Å². The fourth-order valence-corrected chi connectivity index (χ4v) is 1.98. The summed E-state index contributed by atoms with van der Waals surface area (Å²) < 4.78 is 11.3. The molecule has 0 aliphatic carbocycles. The summed E-state index contributed by atoms with van der Waals surface area (Å²) in [5.41, 5.74) is 1.20. The molecule has 1 aromatic rings. The summed E-state index contributed by atoms with van der Waals surface area (Å²) >= 11 is 0. The third kappa shape index (κ3) is 5.69. The molecule has 0 radical (unpaired) electrons. The van der Waals surface area contributed by atoms with Gasteiger partial charge in [-0.1, -0.05) is 32.6 Å². The van der Waals surface area contributed by atoms with E-state index in [-0.39, 0.29) is 0 Å².